The van der Waals surface area contributed by atoms with Gasteiger partial charge in [0, 0.05) is 0 Å². The third-order valence-electron chi connectivity index (χ3n) is 3.20. The van der Waals surface area contributed by atoms with Crippen LogP contribution in [-0.2, 0) is 14.8 Å². The van der Waals surface area contributed by atoms with Crippen LogP contribution in [0.4, 0.5) is 0 Å². The lowest BCUT2D eigenvalue weighted by Crippen LogP contribution is -2.33. The molecule has 0 saturated heterocycles. The summed E-state index contributed by atoms with van der Waals surface area (Å²) in [4.78, 5) is 11.7. The maximum Gasteiger partial charge on any atom is 0.338 e. The highest BCUT2D eigenvalue weighted by Crippen LogP contribution is 2.30. The predicted octanol–water partition coefficient (Wildman–Crippen LogP) is 1.29. The van der Waals surface area contributed by atoms with Gasteiger partial charge in [0.05, 0.1) is 10.5 Å². The molecule has 0 amide bonds. The molecule has 1 fully saturated rings. The van der Waals surface area contributed by atoms with Crippen LogP contribution in [-0.4, -0.2) is 20.5 Å². The fourth-order valence-electron chi connectivity index (χ4n) is 1.82. The molecule has 1 aliphatic rings. The molecule has 1 aromatic rings. The van der Waals surface area contributed by atoms with E-state index >= 15 is 0 Å². The Morgan fingerprint density at radius 2 is 2.11 bits per heavy atom. The van der Waals surface area contributed by atoms with Crippen molar-refractivity contribution in [3.05, 3.63) is 29.8 Å². The van der Waals surface area contributed by atoms with Crippen molar-refractivity contribution in [2.24, 2.45) is 11.1 Å². The van der Waals surface area contributed by atoms with Gasteiger partial charge in [-0.15, -0.1) is 0 Å². The monoisotopic (exact) mass is 269 g/mol. The zero-order chi connectivity index (χ0) is 13.3. The maximum absolute atomic E-state index is 11.8. The summed E-state index contributed by atoms with van der Waals surface area (Å²) in [5.74, 6) is -0.132. The molecular weight excluding hydrogens is 254 g/mol. The predicted molar refractivity (Wildman–Crippen MR) is 65.4 cm³/mol. The van der Waals surface area contributed by atoms with E-state index in [1.165, 1.54) is 24.3 Å². The van der Waals surface area contributed by atoms with E-state index in [9.17, 15) is 13.2 Å². The quantitative estimate of drug-likeness (QED) is 0.838. The summed E-state index contributed by atoms with van der Waals surface area (Å²) in [5, 5.41) is 5.01. The zero-order valence-corrected chi connectivity index (χ0v) is 10.8. The second-order valence-corrected chi connectivity index (χ2v) is 6.13. The molecular formula is C12H15NO4S. The van der Waals surface area contributed by atoms with Gasteiger partial charge in [-0.1, -0.05) is 13.0 Å². The summed E-state index contributed by atoms with van der Waals surface area (Å²) >= 11 is 0. The summed E-state index contributed by atoms with van der Waals surface area (Å²) in [7, 11) is -3.80. The van der Waals surface area contributed by atoms with E-state index in [-0.39, 0.29) is 16.6 Å². The Bertz CT molecular complexity index is 567. The number of sulfonamides is 1. The van der Waals surface area contributed by atoms with Gasteiger partial charge < -0.3 is 4.74 Å². The topological polar surface area (TPSA) is 86.5 Å². The van der Waals surface area contributed by atoms with Crippen molar-refractivity contribution in [2.75, 3.05) is 0 Å². The van der Waals surface area contributed by atoms with E-state index in [1.807, 2.05) is 6.92 Å². The van der Waals surface area contributed by atoms with Crippen LogP contribution in [0.3, 0.4) is 0 Å². The van der Waals surface area contributed by atoms with E-state index in [0.29, 0.717) is 5.92 Å². The third kappa shape index (κ3) is 2.70. The minimum atomic E-state index is -3.80. The van der Waals surface area contributed by atoms with Crippen LogP contribution in [0.2, 0.25) is 0 Å². The Kier molecular flexibility index (Phi) is 3.41. The summed E-state index contributed by atoms with van der Waals surface area (Å²) in [6.07, 6.45) is 1.85. The molecule has 5 nitrogen and oxygen atoms in total. The molecule has 2 rings (SSSR count). The van der Waals surface area contributed by atoms with Gasteiger partial charge in [-0.3, -0.25) is 0 Å². The summed E-state index contributed by atoms with van der Waals surface area (Å²) < 4.78 is 27.6. The van der Waals surface area contributed by atoms with Gasteiger partial charge in [-0.25, -0.2) is 18.4 Å². The molecule has 2 unspecified atom stereocenters. The van der Waals surface area contributed by atoms with Crippen molar-refractivity contribution < 1.29 is 17.9 Å². The van der Waals surface area contributed by atoms with E-state index < -0.39 is 16.0 Å². The van der Waals surface area contributed by atoms with E-state index in [4.69, 9.17) is 9.88 Å². The number of benzene rings is 1. The number of nitrogens with two attached hydrogens (primary N) is 1. The molecule has 1 aromatic carbocycles. The number of primary sulfonamides is 1. The van der Waals surface area contributed by atoms with Gasteiger partial charge in [0.15, 0.2) is 0 Å². The first kappa shape index (κ1) is 13.0. The highest BCUT2D eigenvalue weighted by atomic mass is 32.2. The van der Waals surface area contributed by atoms with Crippen molar-refractivity contribution in [3.63, 3.8) is 0 Å². The zero-order valence-electron chi connectivity index (χ0n) is 10.00. The van der Waals surface area contributed by atoms with E-state index in [0.717, 1.165) is 12.8 Å². The van der Waals surface area contributed by atoms with Gasteiger partial charge in [0.1, 0.15) is 6.10 Å². The van der Waals surface area contributed by atoms with Crippen LogP contribution in [0, 0.1) is 5.92 Å². The fraction of sp³-hybridized carbons (Fsp3) is 0.417. The molecule has 18 heavy (non-hydrogen) atoms. The molecule has 0 heterocycles. The Labute approximate surface area is 106 Å². The Morgan fingerprint density at radius 3 is 2.61 bits per heavy atom. The van der Waals surface area contributed by atoms with Crippen LogP contribution in [0.15, 0.2) is 29.2 Å². The minimum absolute atomic E-state index is 0.0596. The lowest BCUT2D eigenvalue weighted by Gasteiger charge is -2.32. The number of hydrogen-bond donors (Lipinski definition) is 1. The van der Waals surface area contributed by atoms with Gasteiger partial charge in [-0.05, 0) is 37.0 Å². The van der Waals surface area contributed by atoms with E-state index in [2.05, 4.69) is 0 Å². The molecule has 98 valence electrons. The fourth-order valence-corrected chi connectivity index (χ4v) is 2.38. The normalized spacial score (nSPS) is 23.2. The van der Waals surface area contributed by atoms with Crippen LogP contribution in [0.25, 0.3) is 0 Å². The average Bonchev–Trinajstić information content (AvgIpc) is 2.33. The second kappa shape index (κ2) is 4.70. The first-order chi connectivity index (χ1) is 8.38. The summed E-state index contributed by atoms with van der Waals surface area (Å²) in [5.41, 5.74) is 0.209. The molecule has 2 atom stereocenters. The van der Waals surface area contributed by atoms with Crippen LogP contribution in [0.5, 0.6) is 0 Å². The molecule has 1 saturated carbocycles. The minimum Gasteiger partial charge on any atom is -0.459 e. The Balaban J connectivity index is 2.15. The molecule has 0 aliphatic heterocycles. The lowest BCUT2D eigenvalue weighted by molar-refractivity contribution is -0.0167. The third-order valence-corrected chi connectivity index (χ3v) is 4.11. The van der Waals surface area contributed by atoms with Gasteiger partial charge in [-0.2, -0.15) is 0 Å². The molecule has 0 radical (unpaired) electrons. The number of carbonyl (C=O) groups is 1. The molecule has 6 heteroatoms. The molecule has 1 aliphatic carbocycles. The van der Waals surface area contributed by atoms with Crippen molar-refractivity contribution in [1.29, 1.82) is 0 Å². The van der Waals surface area contributed by atoms with Gasteiger partial charge in [0.25, 0.3) is 0 Å². The van der Waals surface area contributed by atoms with E-state index in [1.54, 1.807) is 0 Å². The lowest BCUT2D eigenvalue weighted by atomic mass is 9.83. The summed E-state index contributed by atoms with van der Waals surface area (Å²) in [6, 6.07) is 5.57. The summed E-state index contributed by atoms with van der Waals surface area (Å²) in [6.45, 7) is 2.02. The molecule has 0 spiro atoms. The van der Waals surface area contributed by atoms with Crippen LogP contribution < -0.4 is 5.14 Å². The number of ether oxygens (including phenoxy) is 1. The van der Waals surface area contributed by atoms with Crippen molar-refractivity contribution in [3.8, 4) is 0 Å². The van der Waals surface area contributed by atoms with Gasteiger partial charge >= 0.3 is 5.97 Å². The number of carbonyl (C=O) groups excluding carboxylic acids is 1. The van der Waals surface area contributed by atoms with Crippen molar-refractivity contribution in [1.82, 2.24) is 0 Å². The molecule has 2 N–H and O–H groups in total. The largest absolute Gasteiger partial charge is 0.459 e. The molecule has 0 bridgehead atoms. The highest BCUT2D eigenvalue weighted by Gasteiger charge is 2.30. The highest BCUT2D eigenvalue weighted by molar-refractivity contribution is 7.89. The van der Waals surface area contributed by atoms with Crippen LogP contribution >= 0.6 is 0 Å². The Morgan fingerprint density at radius 1 is 1.39 bits per heavy atom. The van der Waals surface area contributed by atoms with Crippen molar-refractivity contribution >= 4 is 16.0 Å². The number of esters is 1. The first-order valence-corrected chi connectivity index (χ1v) is 7.26. The smallest absolute Gasteiger partial charge is 0.338 e. The van der Waals surface area contributed by atoms with Crippen molar-refractivity contribution in [2.45, 2.75) is 30.8 Å². The number of hydrogen-bond acceptors (Lipinski definition) is 4. The average molecular weight is 269 g/mol. The number of rotatable bonds is 3. The maximum atomic E-state index is 11.8. The van der Waals surface area contributed by atoms with Gasteiger partial charge in [0.2, 0.25) is 10.0 Å². The second-order valence-electron chi connectivity index (χ2n) is 4.57. The standard InChI is InChI=1S/C12H15NO4S/c1-8-5-6-11(8)17-12(14)9-3-2-4-10(7-9)18(13,15)16/h2-4,7-8,11H,5-6H2,1H3,(H2,13,15,16). The SMILES string of the molecule is CC1CCC1OC(=O)c1cccc(S(N)(=O)=O)c1. The Hall–Kier alpha value is -1.40. The van der Waals surface area contributed by atoms with Crippen LogP contribution in [0.1, 0.15) is 30.1 Å². The molecule has 0 aromatic heterocycles. The first-order valence-electron chi connectivity index (χ1n) is 5.72.